The second-order valence-electron chi connectivity index (χ2n) is 6.80. The topological polar surface area (TPSA) is 64.6 Å². The Kier molecular flexibility index (Phi) is 7.07. The van der Waals surface area contributed by atoms with Crippen molar-refractivity contribution in [3.63, 3.8) is 0 Å². The molecule has 138 valence electrons. The van der Waals surface area contributed by atoms with Crippen molar-refractivity contribution in [2.75, 3.05) is 18.1 Å². The summed E-state index contributed by atoms with van der Waals surface area (Å²) in [5.74, 6) is 2.08. The van der Waals surface area contributed by atoms with E-state index in [1.807, 2.05) is 68.6 Å². The Balaban J connectivity index is 1.76. The van der Waals surface area contributed by atoms with Crippen LogP contribution in [0.5, 0.6) is 5.75 Å². The van der Waals surface area contributed by atoms with Crippen LogP contribution in [0.1, 0.15) is 37.8 Å². The molecule has 1 N–H and O–H groups in total. The molecule has 1 aromatic rings. The average molecular weight is 384 g/mol. The summed E-state index contributed by atoms with van der Waals surface area (Å²) >= 11 is 3.89. The van der Waals surface area contributed by atoms with Crippen molar-refractivity contribution in [3.05, 3.63) is 29.8 Å². The fraction of sp³-hybridized carbons (Fsp3) is 0.556. The van der Waals surface area contributed by atoms with E-state index in [1.54, 1.807) is 6.92 Å². The van der Waals surface area contributed by atoms with Crippen LogP contribution in [0.3, 0.4) is 0 Å². The van der Waals surface area contributed by atoms with Gasteiger partial charge in [0.05, 0.1) is 4.58 Å². The van der Waals surface area contributed by atoms with Gasteiger partial charge in [0.1, 0.15) is 5.75 Å². The number of esters is 1. The fourth-order valence-corrected chi connectivity index (χ4v) is 5.03. The number of nitrogens with one attached hydrogen (secondary N) is 1. The highest BCUT2D eigenvalue weighted by molar-refractivity contribution is 8.19. The first-order valence-electron chi connectivity index (χ1n) is 8.22. The number of carbonyl (C=O) groups is 2. The molecule has 1 aromatic carbocycles. The number of carbonyl (C=O) groups excluding carboxylic acids is 2. The number of hydrogen-bond acceptors (Lipinski definition) is 6. The highest BCUT2D eigenvalue weighted by Crippen LogP contribution is 2.45. The molecule has 25 heavy (non-hydrogen) atoms. The molecule has 1 saturated heterocycles. The van der Waals surface area contributed by atoms with E-state index in [0.717, 1.165) is 0 Å². The van der Waals surface area contributed by atoms with Crippen molar-refractivity contribution in [3.8, 4) is 5.75 Å². The fourth-order valence-electron chi connectivity index (χ4n) is 2.17. The molecule has 5 nitrogen and oxygen atoms in total. The van der Waals surface area contributed by atoms with Gasteiger partial charge in [0.15, 0.2) is 12.7 Å². The second-order valence-corrected chi connectivity index (χ2v) is 9.53. The summed E-state index contributed by atoms with van der Waals surface area (Å²) in [5.41, 5.74) is 0.890. The molecule has 0 aliphatic carbocycles. The molecule has 0 aromatic heterocycles. The van der Waals surface area contributed by atoms with Gasteiger partial charge < -0.3 is 14.8 Å². The summed E-state index contributed by atoms with van der Waals surface area (Å²) in [7, 11) is 0. The average Bonchev–Trinajstić information content (AvgIpc) is 3.06. The lowest BCUT2D eigenvalue weighted by Crippen LogP contribution is -2.46. The van der Waals surface area contributed by atoms with Gasteiger partial charge in [-0.2, -0.15) is 0 Å². The van der Waals surface area contributed by atoms with Crippen LogP contribution >= 0.6 is 23.5 Å². The predicted molar refractivity (Wildman–Crippen MR) is 103 cm³/mol. The highest BCUT2D eigenvalue weighted by Gasteiger charge is 2.22. The zero-order chi connectivity index (χ0) is 18.4. The third-order valence-corrected chi connectivity index (χ3v) is 6.41. The molecular weight excluding hydrogens is 358 g/mol. The number of benzene rings is 1. The lowest BCUT2D eigenvalue weighted by molar-refractivity contribution is -0.157. The molecule has 0 saturated carbocycles. The molecule has 0 radical (unpaired) electrons. The maximum Gasteiger partial charge on any atom is 0.344 e. The number of amides is 1. The molecular formula is C18H25NO4S2. The van der Waals surface area contributed by atoms with Crippen LogP contribution in [0.4, 0.5) is 0 Å². The maximum atomic E-state index is 11.9. The minimum atomic E-state index is -0.853. The first-order valence-corrected chi connectivity index (χ1v) is 10.3. The molecule has 1 aliphatic rings. The molecule has 0 spiro atoms. The summed E-state index contributed by atoms with van der Waals surface area (Å²) in [6.45, 7) is 6.93. The molecule has 2 rings (SSSR count). The number of thioether (sulfide) groups is 2. The first kappa shape index (κ1) is 20.0. The van der Waals surface area contributed by atoms with Crippen molar-refractivity contribution in [1.82, 2.24) is 5.32 Å². The smallest absolute Gasteiger partial charge is 0.344 e. The van der Waals surface area contributed by atoms with Crippen LogP contribution in [0.15, 0.2) is 24.3 Å². The third kappa shape index (κ3) is 6.82. The quantitative estimate of drug-likeness (QED) is 0.760. The van der Waals surface area contributed by atoms with Crippen molar-refractivity contribution < 1.29 is 19.1 Å². The lowest BCUT2D eigenvalue weighted by Gasteiger charge is -2.23. The third-order valence-electron chi connectivity index (χ3n) is 3.31. The molecule has 0 bridgehead atoms. The first-order chi connectivity index (χ1) is 11.7. The molecule has 0 unspecified atom stereocenters. The van der Waals surface area contributed by atoms with Gasteiger partial charge in [0.2, 0.25) is 0 Å². The van der Waals surface area contributed by atoms with Gasteiger partial charge in [0.25, 0.3) is 5.91 Å². The Bertz CT molecular complexity index is 592. The van der Waals surface area contributed by atoms with Crippen LogP contribution in [0, 0.1) is 0 Å². The summed E-state index contributed by atoms with van der Waals surface area (Å²) in [6, 6.07) is 7.77. The van der Waals surface area contributed by atoms with Gasteiger partial charge in [-0.05, 0) is 45.4 Å². The zero-order valence-electron chi connectivity index (χ0n) is 15.0. The van der Waals surface area contributed by atoms with Crippen molar-refractivity contribution in [2.24, 2.45) is 0 Å². The molecule has 1 atom stereocenters. The van der Waals surface area contributed by atoms with Gasteiger partial charge in [0, 0.05) is 17.0 Å². The monoisotopic (exact) mass is 383 g/mol. The van der Waals surface area contributed by atoms with Crippen molar-refractivity contribution in [2.45, 2.75) is 43.9 Å². The Hall–Kier alpha value is -1.34. The molecule has 7 heteroatoms. The summed E-state index contributed by atoms with van der Waals surface area (Å²) in [6.07, 6.45) is -0.853. The van der Waals surface area contributed by atoms with Crippen LogP contribution in [0.25, 0.3) is 0 Å². The van der Waals surface area contributed by atoms with E-state index in [0.29, 0.717) is 10.3 Å². The molecule has 1 fully saturated rings. The molecule has 1 aliphatic heterocycles. The predicted octanol–water partition coefficient (Wildman–Crippen LogP) is 3.39. The van der Waals surface area contributed by atoms with Gasteiger partial charge in [-0.3, -0.25) is 4.79 Å². The minimum absolute atomic E-state index is 0.223. The van der Waals surface area contributed by atoms with Gasteiger partial charge >= 0.3 is 5.97 Å². The van der Waals surface area contributed by atoms with E-state index < -0.39 is 12.1 Å². The molecule has 1 heterocycles. The Morgan fingerprint density at radius 1 is 1.20 bits per heavy atom. The van der Waals surface area contributed by atoms with E-state index in [1.165, 1.54) is 17.1 Å². The highest BCUT2D eigenvalue weighted by atomic mass is 32.2. The van der Waals surface area contributed by atoms with Crippen molar-refractivity contribution in [1.29, 1.82) is 0 Å². The SMILES string of the molecule is C[C@H](OC(=O)COc1ccc(C2SCCS2)cc1)C(=O)NC(C)(C)C. The second kappa shape index (κ2) is 8.85. The molecule has 1 amide bonds. The maximum absolute atomic E-state index is 11.9. The lowest BCUT2D eigenvalue weighted by atomic mass is 10.1. The van der Waals surface area contributed by atoms with Crippen LogP contribution in [-0.4, -0.2) is 41.6 Å². The summed E-state index contributed by atoms with van der Waals surface area (Å²) in [4.78, 5) is 23.7. The Morgan fingerprint density at radius 2 is 1.80 bits per heavy atom. The van der Waals surface area contributed by atoms with E-state index in [2.05, 4.69) is 5.32 Å². The van der Waals surface area contributed by atoms with E-state index in [4.69, 9.17) is 9.47 Å². The zero-order valence-corrected chi connectivity index (χ0v) is 16.7. The Labute approximate surface area is 157 Å². The van der Waals surface area contributed by atoms with Gasteiger partial charge in [-0.1, -0.05) is 12.1 Å². The van der Waals surface area contributed by atoms with Crippen molar-refractivity contribution >= 4 is 35.4 Å². The van der Waals surface area contributed by atoms with E-state index in [-0.39, 0.29) is 18.1 Å². The summed E-state index contributed by atoms with van der Waals surface area (Å²) < 4.78 is 11.0. The minimum Gasteiger partial charge on any atom is -0.482 e. The van der Waals surface area contributed by atoms with E-state index >= 15 is 0 Å². The summed E-state index contributed by atoms with van der Waals surface area (Å²) in [5, 5.41) is 2.77. The van der Waals surface area contributed by atoms with Crippen LogP contribution in [0.2, 0.25) is 0 Å². The van der Waals surface area contributed by atoms with Crippen LogP contribution in [-0.2, 0) is 14.3 Å². The number of rotatable bonds is 6. The normalized spacial score (nSPS) is 16.3. The van der Waals surface area contributed by atoms with Crippen LogP contribution < -0.4 is 10.1 Å². The largest absolute Gasteiger partial charge is 0.482 e. The standard InChI is InChI=1S/C18H25NO4S2/c1-12(16(21)19-18(2,3)4)23-15(20)11-22-14-7-5-13(6-8-14)17-24-9-10-25-17/h5-8,12,17H,9-11H2,1-4H3,(H,19,21)/t12-/m0/s1. The van der Waals surface area contributed by atoms with Gasteiger partial charge in [-0.25, -0.2) is 4.79 Å². The van der Waals surface area contributed by atoms with E-state index in [9.17, 15) is 9.59 Å². The van der Waals surface area contributed by atoms with Gasteiger partial charge in [-0.15, -0.1) is 23.5 Å². The Morgan fingerprint density at radius 3 is 2.36 bits per heavy atom. The number of ether oxygens (including phenoxy) is 2. The number of hydrogen-bond donors (Lipinski definition) is 1.